The SMILES string of the molecule is CCOC(=O)/C(=C/CCc1ccccc1)c1csc(NC(=O)OC(C)(C)C)n1. The number of nitrogens with one attached hydrogen (secondary N) is 1. The number of nitrogens with zero attached hydrogens (tertiary/aromatic N) is 1. The van der Waals surface area contributed by atoms with E-state index in [1.165, 1.54) is 16.9 Å². The Hall–Kier alpha value is -2.67. The number of aromatic nitrogens is 1. The first kappa shape index (κ1) is 21.6. The summed E-state index contributed by atoms with van der Waals surface area (Å²) in [4.78, 5) is 28.6. The molecule has 7 heteroatoms. The Bertz CT molecular complexity index is 822. The molecule has 2 rings (SSSR count). The van der Waals surface area contributed by atoms with Gasteiger partial charge in [0.15, 0.2) is 5.13 Å². The molecule has 1 N–H and O–H groups in total. The van der Waals surface area contributed by atoms with E-state index in [0.717, 1.165) is 6.42 Å². The van der Waals surface area contributed by atoms with Crippen molar-refractivity contribution in [3.8, 4) is 0 Å². The predicted octanol–water partition coefficient (Wildman–Crippen LogP) is 5.07. The van der Waals surface area contributed by atoms with E-state index >= 15 is 0 Å². The second kappa shape index (κ2) is 10.0. The predicted molar refractivity (Wildman–Crippen MR) is 111 cm³/mol. The average molecular weight is 403 g/mol. The number of hydrogen-bond donors (Lipinski definition) is 1. The van der Waals surface area contributed by atoms with Crippen molar-refractivity contribution < 1.29 is 19.1 Å². The van der Waals surface area contributed by atoms with Gasteiger partial charge in [-0.1, -0.05) is 36.4 Å². The minimum atomic E-state index is -0.600. The fourth-order valence-electron chi connectivity index (χ4n) is 2.37. The van der Waals surface area contributed by atoms with Crippen molar-refractivity contribution in [2.24, 2.45) is 0 Å². The standard InChI is InChI=1S/C21H26N2O4S/c1-5-26-18(24)16(13-9-12-15-10-7-6-8-11-15)17-14-28-19(22-17)23-20(25)27-21(2,3)4/h6-8,10-11,13-14H,5,9,12H2,1-4H3,(H,22,23,25)/b16-13+. The molecule has 1 aromatic carbocycles. The largest absolute Gasteiger partial charge is 0.462 e. The number of anilines is 1. The second-order valence-corrected chi connectivity index (χ2v) is 7.89. The lowest BCUT2D eigenvalue weighted by atomic mass is 10.1. The highest BCUT2D eigenvalue weighted by Gasteiger charge is 2.20. The zero-order valence-electron chi connectivity index (χ0n) is 16.7. The van der Waals surface area contributed by atoms with E-state index in [1.807, 2.05) is 36.4 Å². The number of rotatable bonds is 7. The maximum atomic E-state index is 12.4. The highest BCUT2D eigenvalue weighted by molar-refractivity contribution is 7.14. The number of hydrogen-bond acceptors (Lipinski definition) is 6. The van der Waals surface area contributed by atoms with Crippen LogP contribution in [0.15, 0.2) is 41.8 Å². The smallest absolute Gasteiger partial charge is 0.413 e. The van der Waals surface area contributed by atoms with E-state index in [9.17, 15) is 9.59 Å². The van der Waals surface area contributed by atoms with E-state index in [-0.39, 0.29) is 6.61 Å². The number of carbonyl (C=O) groups excluding carboxylic acids is 2. The van der Waals surface area contributed by atoms with Gasteiger partial charge in [-0.3, -0.25) is 5.32 Å². The summed E-state index contributed by atoms with van der Waals surface area (Å²) in [5.41, 5.74) is 1.46. The number of esters is 1. The molecule has 0 fully saturated rings. The van der Waals surface area contributed by atoms with Gasteiger partial charge in [0.25, 0.3) is 0 Å². The molecule has 2 aromatic rings. The maximum Gasteiger partial charge on any atom is 0.413 e. The van der Waals surface area contributed by atoms with Gasteiger partial charge >= 0.3 is 12.1 Å². The number of carbonyl (C=O) groups is 2. The molecule has 0 bridgehead atoms. The van der Waals surface area contributed by atoms with Gasteiger partial charge in [-0.25, -0.2) is 14.6 Å². The Balaban J connectivity index is 2.10. The van der Waals surface area contributed by atoms with Crippen molar-refractivity contribution >= 4 is 34.1 Å². The van der Waals surface area contributed by atoms with E-state index < -0.39 is 17.7 Å². The third-order valence-electron chi connectivity index (χ3n) is 3.51. The fraction of sp³-hybridized carbons (Fsp3) is 0.381. The van der Waals surface area contributed by atoms with Gasteiger partial charge in [0.2, 0.25) is 0 Å². The number of aryl methyl sites for hydroxylation is 1. The van der Waals surface area contributed by atoms with Crippen molar-refractivity contribution in [2.45, 2.75) is 46.1 Å². The molecule has 0 saturated heterocycles. The van der Waals surface area contributed by atoms with Crippen LogP contribution in [0.1, 0.15) is 45.4 Å². The van der Waals surface area contributed by atoms with E-state index in [2.05, 4.69) is 10.3 Å². The van der Waals surface area contributed by atoms with Gasteiger partial charge in [-0.2, -0.15) is 0 Å². The molecule has 0 aliphatic carbocycles. The van der Waals surface area contributed by atoms with Crippen LogP contribution in [-0.4, -0.2) is 29.3 Å². The molecule has 28 heavy (non-hydrogen) atoms. The minimum Gasteiger partial charge on any atom is -0.462 e. The molecule has 0 radical (unpaired) electrons. The second-order valence-electron chi connectivity index (χ2n) is 7.03. The molecule has 1 heterocycles. The Morgan fingerprint density at radius 2 is 1.93 bits per heavy atom. The van der Waals surface area contributed by atoms with Crippen LogP contribution in [0.2, 0.25) is 0 Å². The Morgan fingerprint density at radius 3 is 2.57 bits per heavy atom. The van der Waals surface area contributed by atoms with Gasteiger partial charge in [0, 0.05) is 5.38 Å². The van der Waals surface area contributed by atoms with Gasteiger partial charge in [-0.05, 0) is 46.1 Å². The summed E-state index contributed by atoms with van der Waals surface area (Å²) in [6.45, 7) is 7.40. The summed E-state index contributed by atoms with van der Waals surface area (Å²) in [6, 6.07) is 10.0. The highest BCUT2D eigenvalue weighted by Crippen LogP contribution is 2.24. The molecule has 0 spiro atoms. The van der Waals surface area contributed by atoms with Crippen LogP contribution < -0.4 is 5.32 Å². The molecular weight excluding hydrogens is 376 g/mol. The molecule has 6 nitrogen and oxygen atoms in total. The van der Waals surface area contributed by atoms with Crippen LogP contribution in [0, 0.1) is 0 Å². The number of thiazole rings is 1. The zero-order valence-corrected chi connectivity index (χ0v) is 17.5. The van der Waals surface area contributed by atoms with Gasteiger partial charge < -0.3 is 9.47 Å². The lowest BCUT2D eigenvalue weighted by Crippen LogP contribution is -2.27. The van der Waals surface area contributed by atoms with Gasteiger partial charge in [-0.15, -0.1) is 11.3 Å². The quantitative estimate of drug-likeness (QED) is 0.517. The van der Waals surface area contributed by atoms with E-state index in [1.54, 1.807) is 33.1 Å². The Labute approximate surface area is 169 Å². The van der Waals surface area contributed by atoms with Crippen LogP contribution in [0.5, 0.6) is 0 Å². The summed E-state index contributed by atoms with van der Waals surface area (Å²) in [7, 11) is 0. The Morgan fingerprint density at radius 1 is 1.21 bits per heavy atom. The molecule has 0 aliphatic heterocycles. The maximum absolute atomic E-state index is 12.4. The van der Waals surface area contributed by atoms with Crippen LogP contribution in [0.25, 0.3) is 5.57 Å². The van der Waals surface area contributed by atoms with Crippen molar-refractivity contribution in [1.29, 1.82) is 0 Å². The summed E-state index contributed by atoms with van der Waals surface area (Å²) in [5, 5.41) is 4.68. The molecule has 0 saturated carbocycles. The summed E-state index contributed by atoms with van der Waals surface area (Å²) < 4.78 is 10.4. The molecular formula is C21H26N2O4S. The summed E-state index contributed by atoms with van der Waals surface area (Å²) in [5.74, 6) is -0.426. The first-order chi connectivity index (χ1) is 13.3. The summed E-state index contributed by atoms with van der Waals surface area (Å²) in [6.07, 6.45) is 2.72. The van der Waals surface area contributed by atoms with Gasteiger partial charge in [0.1, 0.15) is 5.60 Å². The lowest BCUT2D eigenvalue weighted by molar-refractivity contribution is -0.136. The number of amides is 1. The highest BCUT2D eigenvalue weighted by atomic mass is 32.1. The van der Waals surface area contributed by atoms with Crippen molar-refractivity contribution in [1.82, 2.24) is 4.98 Å². The van der Waals surface area contributed by atoms with Crippen molar-refractivity contribution in [2.75, 3.05) is 11.9 Å². The lowest BCUT2D eigenvalue weighted by Gasteiger charge is -2.18. The minimum absolute atomic E-state index is 0.280. The monoisotopic (exact) mass is 402 g/mol. The topological polar surface area (TPSA) is 77.5 Å². The molecule has 1 aromatic heterocycles. The first-order valence-corrected chi connectivity index (χ1v) is 10.0. The van der Waals surface area contributed by atoms with Crippen LogP contribution in [0.3, 0.4) is 0 Å². The molecule has 150 valence electrons. The zero-order chi connectivity index (χ0) is 20.6. The third-order valence-corrected chi connectivity index (χ3v) is 4.27. The number of benzene rings is 1. The number of allylic oxidation sites excluding steroid dienone is 1. The average Bonchev–Trinajstić information content (AvgIpc) is 3.06. The van der Waals surface area contributed by atoms with Crippen LogP contribution >= 0.6 is 11.3 Å². The van der Waals surface area contributed by atoms with Crippen LogP contribution in [0.4, 0.5) is 9.93 Å². The third kappa shape index (κ3) is 7.15. The van der Waals surface area contributed by atoms with Crippen LogP contribution in [-0.2, 0) is 20.7 Å². The summed E-state index contributed by atoms with van der Waals surface area (Å²) >= 11 is 1.23. The molecule has 0 atom stereocenters. The number of ether oxygens (including phenoxy) is 2. The van der Waals surface area contributed by atoms with E-state index in [0.29, 0.717) is 22.8 Å². The fourth-order valence-corrected chi connectivity index (χ4v) is 3.07. The first-order valence-electron chi connectivity index (χ1n) is 9.15. The Kier molecular flexibility index (Phi) is 7.75. The van der Waals surface area contributed by atoms with Crippen molar-refractivity contribution in [3.63, 3.8) is 0 Å². The van der Waals surface area contributed by atoms with Gasteiger partial charge in [0.05, 0.1) is 17.9 Å². The van der Waals surface area contributed by atoms with E-state index in [4.69, 9.17) is 9.47 Å². The normalized spacial score (nSPS) is 11.8. The molecule has 0 unspecified atom stereocenters. The van der Waals surface area contributed by atoms with Crippen molar-refractivity contribution in [3.05, 3.63) is 53.0 Å². The molecule has 1 amide bonds. The molecule has 0 aliphatic rings.